The van der Waals surface area contributed by atoms with Crippen molar-refractivity contribution in [1.29, 1.82) is 0 Å². The minimum Gasteiger partial charge on any atom is -0.494 e. The summed E-state index contributed by atoms with van der Waals surface area (Å²) in [6, 6.07) is 26.6. The highest BCUT2D eigenvalue weighted by atomic mass is 16.5. The topological polar surface area (TPSA) is 37.4 Å². The van der Waals surface area contributed by atoms with Gasteiger partial charge < -0.3 is 14.2 Å². The molecule has 6 nitrogen and oxygen atoms in total. The summed E-state index contributed by atoms with van der Waals surface area (Å²) in [5, 5.41) is 0. The largest absolute Gasteiger partial charge is 0.494 e. The quantitative estimate of drug-likeness (QED) is 0.0627. The lowest BCUT2D eigenvalue weighted by Gasteiger charge is -2.26. The number of benzene rings is 3. The van der Waals surface area contributed by atoms with Gasteiger partial charge in [-0.1, -0.05) is 153 Å². The zero-order valence-corrected chi connectivity index (χ0v) is 36.7. The van der Waals surface area contributed by atoms with E-state index in [1.807, 2.05) is 0 Å². The van der Waals surface area contributed by atoms with Crippen LogP contribution < -0.4 is 14.2 Å². The maximum atomic E-state index is 6.11. The Morgan fingerprint density at radius 2 is 0.544 bits per heavy atom. The van der Waals surface area contributed by atoms with E-state index in [9.17, 15) is 0 Å². The van der Waals surface area contributed by atoms with Gasteiger partial charge in [-0.25, -0.2) is 0 Å². The van der Waals surface area contributed by atoms with Crippen molar-refractivity contribution in [2.75, 3.05) is 59.1 Å². The number of hydrogen-bond donors (Lipinski definition) is 0. The molecular weight excluding hydrogens is 703 g/mol. The van der Waals surface area contributed by atoms with E-state index < -0.39 is 0 Å². The molecule has 0 aromatic heterocycles. The maximum Gasteiger partial charge on any atom is 0.119 e. The van der Waals surface area contributed by atoms with Crippen LogP contribution in [0.25, 0.3) is 0 Å². The second kappa shape index (κ2) is 30.1. The molecule has 1 fully saturated rings. The zero-order chi connectivity index (χ0) is 40.0. The molecule has 0 spiro atoms. The first-order valence-corrected chi connectivity index (χ1v) is 23.5. The Labute approximate surface area is 349 Å². The van der Waals surface area contributed by atoms with E-state index in [1.54, 1.807) is 0 Å². The third-order valence-electron chi connectivity index (χ3n) is 11.5. The zero-order valence-electron chi connectivity index (χ0n) is 36.7. The van der Waals surface area contributed by atoms with Gasteiger partial charge >= 0.3 is 0 Å². The third kappa shape index (κ3) is 21.0. The van der Waals surface area contributed by atoms with Gasteiger partial charge in [-0.2, -0.15) is 0 Å². The summed E-state index contributed by atoms with van der Waals surface area (Å²) in [6.07, 6.45) is 23.2. The molecule has 0 aliphatic carbocycles. The van der Waals surface area contributed by atoms with Gasteiger partial charge in [0.05, 0.1) is 19.8 Å². The molecule has 3 aromatic carbocycles. The van der Waals surface area contributed by atoms with Crippen LogP contribution in [0.1, 0.15) is 153 Å². The summed E-state index contributed by atoms with van der Waals surface area (Å²) < 4.78 is 18.3. The van der Waals surface area contributed by atoms with Crippen LogP contribution in [-0.4, -0.2) is 73.8 Å². The van der Waals surface area contributed by atoms with Crippen molar-refractivity contribution < 1.29 is 14.2 Å². The molecule has 57 heavy (non-hydrogen) atoms. The van der Waals surface area contributed by atoms with E-state index in [2.05, 4.69) is 108 Å². The van der Waals surface area contributed by atoms with Crippen molar-refractivity contribution in [2.45, 2.75) is 156 Å². The number of unbranched alkanes of at least 4 members (excludes halogenated alkanes) is 15. The molecule has 6 heteroatoms. The fourth-order valence-electron chi connectivity index (χ4n) is 7.72. The normalized spacial score (nSPS) is 14.6. The number of ether oxygens (including phenoxy) is 3. The highest BCUT2D eigenvalue weighted by Gasteiger charge is 2.18. The molecule has 0 saturated carbocycles. The van der Waals surface area contributed by atoms with Crippen LogP contribution in [0.3, 0.4) is 0 Å². The van der Waals surface area contributed by atoms with E-state index in [1.165, 1.54) is 113 Å². The Bertz CT molecular complexity index is 1200. The van der Waals surface area contributed by atoms with Crippen LogP contribution in [0.2, 0.25) is 0 Å². The summed E-state index contributed by atoms with van der Waals surface area (Å²) in [5.41, 5.74) is 4.06. The van der Waals surface area contributed by atoms with Crippen LogP contribution in [0, 0.1) is 0 Å². The van der Waals surface area contributed by atoms with Crippen molar-refractivity contribution in [2.24, 2.45) is 0 Å². The number of nitrogens with zero attached hydrogens (tertiary/aromatic N) is 3. The molecular formula is C51H81N3O3. The molecule has 0 atom stereocenters. The molecule has 3 aromatic rings. The SMILES string of the molecule is CCCCCCCCOc1ccc(CN2CCN(Cc3ccc(OCCCCCCCC)cc3)CCN(Cc3ccc(OCCCCCCCC)cc3)CC2)cc1. The Morgan fingerprint density at radius 1 is 0.316 bits per heavy atom. The molecule has 0 unspecified atom stereocenters. The summed E-state index contributed by atoms with van der Waals surface area (Å²) in [7, 11) is 0. The van der Waals surface area contributed by atoms with E-state index in [0.29, 0.717) is 0 Å². The van der Waals surface area contributed by atoms with Crippen molar-refractivity contribution >= 4 is 0 Å². The standard InChI is InChI=1S/C51H81N3O3/c1-4-7-10-13-16-19-40-55-49-28-22-46(23-29-49)43-52-34-36-53(44-47-24-30-50(31-25-47)56-41-20-17-14-11-8-5-2)38-39-54(37-35-52)45-48-26-32-51(33-27-48)57-42-21-18-15-12-9-6-3/h22-33H,4-21,34-45H2,1-3H3. The van der Waals surface area contributed by atoms with Crippen LogP contribution in [0.4, 0.5) is 0 Å². The van der Waals surface area contributed by atoms with Crippen molar-refractivity contribution in [1.82, 2.24) is 14.7 Å². The van der Waals surface area contributed by atoms with Gasteiger partial charge in [0, 0.05) is 58.9 Å². The highest BCUT2D eigenvalue weighted by molar-refractivity contribution is 5.29. The maximum absolute atomic E-state index is 6.11. The summed E-state index contributed by atoms with van der Waals surface area (Å²) in [4.78, 5) is 7.95. The van der Waals surface area contributed by atoms with E-state index in [0.717, 1.165) is 115 Å². The molecule has 1 aliphatic heterocycles. The van der Waals surface area contributed by atoms with Crippen LogP contribution in [0.15, 0.2) is 72.8 Å². The monoisotopic (exact) mass is 784 g/mol. The lowest BCUT2D eigenvalue weighted by Crippen LogP contribution is -2.35. The Morgan fingerprint density at radius 3 is 0.789 bits per heavy atom. The van der Waals surface area contributed by atoms with E-state index in [-0.39, 0.29) is 0 Å². The second-order valence-corrected chi connectivity index (χ2v) is 16.6. The van der Waals surface area contributed by atoms with E-state index >= 15 is 0 Å². The van der Waals surface area contributed by atoms with Gasteiger partial charge in [0.15, 0.2) is 0 Å². The minimum atomic E-state index is 0.813. The van der Waals surface area contributed by atoms with Crippen molar-refractivity contribution in [3.8, 4) is 17.2 Å². The van der Waals surface area contributed by atoms with Crippen molar-refractivity contribution in [3.63, 3.8) is 0 Å². The molecule has 0 bridgehead atoms. The predicted octanol–water partition coefficient (Wildman–Crippen LogP) is 12.7. The van der Waals surface area contributed by atoms with Gasteiger partial charge in [-0.3, -0.25) is 14.7 Å². The first kappa shape index (κ1) is 46.6. The Kier molecular flexibility index (Phi) is 24.6. The minimum absolute atomic E-state index is 0.813. The highest BCUT2D eigenvalue weighted by Crippen LogP contribution is 2.20. The van der Waals surface area contributed by atoms with Gasteiger partial charge in [0.1, 0.15) is 17.2 Å². The van der Waals surface area contributed by atoms with Gasteiger partial charge in [0.2, 0.25) is 0 Å². The number of hydrogen-bond acceptors (Lipinski definition) is 6. The lowest BCUT2D eigenvalue weighted by molar-refractivity contribution is 0.209. The Hall–Kier alpha value is -3.06. The first-order chi connectivity index (χ1) is 28.1. The molecule has 318 valence electrons. The van der Waals surface area contributed by atoms with Crippen LogP contribution >= 0.6 is 0 Å². The molecule has 1 saturated heterocycles. The Balaban J connectivity index is 1.30. The second-order valence-electron chi connectivity index (χ2n) is 16.6. The van der Waals surface area contributed by atoms with Gasteiger partial charge in [0.25, 0.3) is 0 Å². The average Bonchev–Trinajstić information content (AvgIpc) is 3.32. The third-order valence-corrected chi connectivity index (χ3v) is 11.5. The molecule has 0 radical (unpaired) electrons. The van der Waals surface area contributed by atoms with Crippen LogP contribution in [0.5, 0.6) is 17.2 Å². The molecule has 0 N–H and O–H groups in total. The molecule has 1 heterocycles. The molecule has 4 rings (SSSR count). The van der Waals surface area contributed by atoms with Gasteiger partial charge in [-0.15, -0.1) is 0 Å². The van der Waals surface area contributed by atoms with Crippen molar-refractivity contribution in [3.05, 3.63) is 89.5 Å². The summed E-state index contributed by atoms with van der Waals surface area (Å²) >= 11 is 0. The predicted molar refractivity (Wildman–Crippen MR) is 242 cm³/mol. The molecule has 0 amide bonds. The molecule has 1 aliphatic rings. The fourth-order valence-corrected chi connectivity index (χ4v) is 7.72. The summed E-state index contributed by atoms with van der Waals surface area (Å²) in [5.74, 6) is 2.98. The first-order valence-electron chi connectivity index (χ1n) is 23.5. The van der Waals surface area contributed by atoms with E-state index in [4.69, 9.17) is 14.2 Å². The number of rotatable bonds is 30. The summed E-state index contributed by atoms with van der Waals surface area (Å²) in [6.45, 7) is 18.4. The smallest absolute Gasteiger partial charge is 0.119 e. The van der Waals surface area contributed by atoms with Gasteiger partial charge in [-0.05, 0) is 72.4 Å². The lowest BCUT2D eigenvalue weighted by atomic mass is 10.1. The average molecular weight is 784 g/mol. The van der Waals surface area contributed by atoms with Crippen LogP contribution in [-0.2, 0) is 19.6 Å². The fraction of sp³-hybridized carbons (Fsp3) is 0.647.